The molecule has 120 valence electrons. The Morgan fingerprint density at radius 1 is 1.29 bits per heavy atom. The Morgan fingerprint density at radius 2 is 2.00 bits per heavy atom. The average Bonchev–Trinajstić information content (AvgIpc) is 2.51. The lowest BCUT2D eigenvalue weighted by Gasteiger charge is -2.19. The molecule has 0 radical (unpaired) electrons. The summed E-state index contributed by atoms with van der Waals surface area (Å²) in [5.74, 6) is 7.29. The summed E-state index contributed by atoms with van der Waals surface area (Å²) in [6, 6.07) is 5.31. The SMILES string of the molecule is CCS(=O)(=O)CCCC(NN)c1ccc(OC)cc1OC. The number of sulfone groups is 1. The summed E-state index contributed by atoms with van der Waals surface area (Å²) in [7, 11) is 0.211. The van der Waals surface area contributed by atoms with Gasteiger partial charge in [-0.25, -0.2) is 8.42 Å². The Kier molecular flexibility index (Phi) is 6.94. The number of nitrogens with two attached hydrogens (primary N) is 1. The quantitative estimate of drug-likeness (QED) is 0.529. The van der Waals surface area contributed by atoms with Crippen molar-refractivity contribution in [2.75, 3.05) is 25.7 Å². The molecule has 0 amide bonds. The molecule has 0 heterocycles. The second kappa shape index (κ2) is 8.21. The zero-order valence-electron chi connectivity index (χ0n) is 12.8. The van der Waals surface area contributed by atoms with Gasteiger partial charge in [0, 0.05) is 23.4 Å². The van der Waals surface area contributed by atoms with Gasteiger partial charge in [0.2, 0.25) is 0 Å². The number of nitrogens with one attached hydrogen (secondary N) is 1. The van der Waals surface area contributed by atoms with Gasteiger partial charge in [0.05, 0.1) is 20.0 Å². The molecule has 0 spiro atoms. The van der Waals surface area contributed by atoms with Crippen LogP contribution in [-0.4, -0.2) is 34.1 Å². The van der Waals surface area contributed by atoms with E-state index in [1.807, 2.05) is 12.1 Å². The molecular formula is C14H24N2O4S. The van der Waals surface area contributed by atoms with E-state index >= 15 is 0 Å². The van der Waals surface area contributed by atoms with Crippen LogP contribution in [0.2, 0.25) is 0 Å². The molecule has 0 aromatic heterocycles. The third kappa shape index (κ3) is 5.18. The third-order valence-corrected chi connectivity index (χ3v) is 5.20. The van der Waals surface area contributed by atoms with Crippen molar-refractivity contribution in [3.05, 3.63) is 23.8 Å². The van der Waals surface area contributed by atoms with Crippen LogP contribution in [0.5, 0.6) is 11.5 Å². The molecule has 0 aliphatic heterocycles. The van der Waals surface area contributed by atoms with E-state index in [4.69, 9.17) is 15.3 Å². The highest BCUT2D eigenvalue weighted by molar-refractivity contribution is 7.91. The molecule has 0 fully saturated rings. The van der Waals surface area contributed by atoms with Crippen LogP contribution >= 0.6 is 0 Å². The Bertz CT molecular complexity index is 546. The van der Waals surface area contributed by atoms with Crippen molar-refractivity contribution >= 4 is 9.84 Å². The highest BCUT2D eigenvalue weighted by atomic mass is 32.2. The van der Waals surface area contributed by atoms with Crippen LogP contribution in [0.15, 0.2) is 18.2 Å². The molecule has 0 bridgehead atoms. The second-order valence-electron chi connectivity index (χ2n) is 4.71. The normalized spacial score (nSPS) is 13.0. The van der Waals surface area contributed by atoms with E-state index in [9.17, 15) is 8.42 Å². The summed E-state index contributed by atoms with van der Waals surface area (Å²) in [5.41, 5.74) is 3.60. The van der Waals surface area contributed by atoms with Crippen molar-refractivity contribution in [3.63, 3.8) is 0 Å². The molecule has 1 aromatic carbocycles. The van der Waals surface area contributed by atoms with E-state index in [0.29, 0.717) is 24.3 Å². The van der Waals surface area contributed by atoms with Crippen LogP contribution < -0.4 is 20.7 Å². The van der Waals surface area contributed by atoms with Gasteiger partial charge in [-0.3, -0.25) is 11.3 Å². The molecule has 1 atom stereocenters. The predicted octanol–water partition coefficient (Wildman–Crippen LogP) is 1.42. The van der Waals surface area contributed by atoms with Crippen LogP contribution in [0.4, 0.5) is 0 Å². The van der Waals surface area contributed by atoms with Gasteiger partial charge < -0.3 is 9.47 Å². The number of ether oxygens (including phenoxy) is 2. The Labute approximate surface area is 126 Å². The van der Waals surface area contributed by atoms with Crippen molar-refractivity contribution in [3.8, 4) is 11.5 Å². The van der Waals surface area contributed by atoms with Gasteiger partial charge in [-0.15, -0.1) is 0 Å². The average molecular weight is 316 g/mol. The Balaban J connectivity index is 2.80. The first-order valence-corrected chi connectivity index (χ1v) is 8.68. The summed E-state index contributed by atoms with van der Waals surface area (Å²) in [6.07, 6.45) is 1.15. The first-order valence-electron chi connectivity index (χ1n) is 6.85. The number of benzene rings is 1. The number of hydrogen-bond donors (Lipinski definition) is 2. The van der Waals surface area contributed by atoms with Crippen molar-refractivity contribution in [2.45, 2.75) is 25.8 Å². The molecule has 6 nitrogen and oxygen atoms in total. The van der Waals surface area contributed by atoms with Crippen molar-refractivity contribution < 1.29 is 17.9 Å². The standard InChI is InChI=1S/C14H24N2O4S/c1-4-21(17,18)9-5-6-13(16-15)12-8-7-11(19-2)10-14(12)20-3/h7-8,10,13,16H,4-6,9,15H2,1-3H3. The summed E-state index contributed by atoms with van der Waals surface area (Å²) < 4.78 is 33.5. The highest BCUT2D eigenvalue weighted by Gasteiger charge is 2.17. The van der Waals surface area contributed by atoms with Crippen molar-refractivity contribution in [1.82, 2.24) is 5.43 Å². The van der Waals surface area contributed by atoms with Crippen LogP contribution in [0.1, 0.15) is 31.4 Å². The van der Waals surface area contributed by atoms with E-state index in [2.05, 4.69) is 5.43 Å². The lowest BCUT2D eigenvalue weighted by Crippen LogP contribution is -2.28. The molecule has 0 aliphatic carbocycles. The molecule has 0 saturated heterocycles. The largest absolute Gasteiger partial charge is 0.497 e. The number of hydrazine groups is 1. The topological polar surface area (TPSA) is 90.7 Å². The molecular weight excluding hydrogens is 292 g/mol. The molecule has 7 heteroatoms. The number of hydrogen-bond acceptors (Lipinski definition) is 6. The first-order chi connectivity index (χ1) is 9.97. The maximum atomic E-state index is 11.5. The molecule has 0 saturated carbocycles. The zero-order valence-corrected chi connectivity index (χ0v) is 13.6. The minimum absolute atomic E-state index is 0.166. The van der Waals surface area contributed by atoms with Crippen LogP contribution in [0.3, 0.4) is 0 Å². The number of methoxy groups -OCH3 is 2. The first kappa shape index (κ1) is 17.7. The molecule has 3 N–H and O–H groups in total. The zero-order chi connectivity index (χ0) is 15.9. The van der Waals surface area contributed by atoms with Gasteiger partial charge in [-0.2, -0.15) is 0 Å². The minimum Gasteiger partial charge on any atom is -0.497 e. The van der Waals surface area contributed by atoms with E-state index in [0.717, 1.165) is 5.56 Å². The summed E-state index contributed by atoms with van der Waals surface area (Å²) >= 11 is 0. The van der Waals surface area contributed by atoms with E-state index in [1.165, 1.54) is 0 Å². The fourth-order valence-electron chi connectivity index (χ4n) is 2.09. The second-order valence-corrected chi connectivity index (χ2v) is 7.18. The molecule has 1 rings (SSSR count). The molecule has 1 aromatic rings. The Hall–Kier alpha value is -1.31. The fourth-order valence-corrected chi connectivity index (χ4v) is 2.98. The fraction of sp³-hybridized carbons (Fsp3) is 0.571. The van der Waals surface area contributed by atoms with Crippen LogP contribution in [-0.2, 0) is 9.84 Å². The summed E-state index contributed by atoms with van der Waals surface area (Å²) in [4.78, 5) is 0. The van der Waals surface area contributed by atoms with Crippen LogP contribution in [0.25, 0.3) is 0 Å². The van der Waals surface area contributed by atoms with Gasteiger partial charge in [0.15, 0.2) is 0 Å². The Morgan fingerprint density at radius 3 is 2.52 bits per heavy atom. The number of rotatable bonds is 9. The lowest BCUT2D eigenvalue weighted by molar-refractivity contribution is 0.382. The third-order valence-electron chi connectivity index (χ3n) is 3.41. The van der Waals surface area contributed by atoms with Gasteiger partial charge in [0.1, 0.15) is 21.3 Å². The van der Waals surface area contributed by atoms with Gasteiger partial charge in [-0.05, 0) is 18.9 Å². The van der Waals surface area contributed by atoms with Gasteiger partial charge >= 0.3 is 0 Å². The molecule has 21 heavy (non-hydrogen) atoms. The van der Waals surface area contributed by atoms with Crippen molar-refractivity contribution in [1.29, 1.82) is 0 Å². The van der Waals surface area contributed by atoms with Gasteiger partial charge in [-0.1, -0.05) is 13.0 Å². The molecule has 1 unspecified atom stereocenters. The highest BCUT2D eigenvalue weighted by Crippen LogP contribution is 2.31. The van der Waals surface area contributed by atoms with E-state index in [-0.39, 0.29) is 17.5 Å². The van der Waals surface area contributed by atoms with Crippen molar-refractivity contribution in [2.24, 2.45) is 5.84 Å². The summed E-state index contributed by atoms with van der Waals surface area (Å²) in [6.45, 7) is 1.65. The van der Waals surface area contributed by atoms with Crippen LogP contribution in [0, 0.1) is 0 Å². The summed E-state index contributed by atoms with van der Waals surface area (Å²) in [5, 5.41) is 0. The lowest BCUT2D eigenvalue weighted by atomic mass is 10.0. The predicted molar refractivity (Wildman–Crippen MR) is 83.2 cm³/mol. The monoisotopic (exact) mass is 316 g/mol. The van der Waals surface area contributed by atoms with E-state index < -0.39 is 9.84 Å². The smallest absolute Gasteiger partial charge is 0.150 e. The minimum atomic E-state index is -2.95. The molecule has 0 aliphatic rings. The maximum Gasteiger partial charge on any atom is 0.150 e. The maximum absolute atomic E-state index is 11.5. The van der Waals surface area contributed by atoms with Gasteiger partial charge in [0.25, 0.3) is 0 Å². The van der Waals surface area contributed by atoms with E-state index in [1.54, 1.807) is 27.2 Å².